The summed E-state index contributed by atoms with van der Waals surface area (Å²) in [5.74, 6) is 0.623. The molecule has 3 rings (SSSR count). The second kappa shape index (κ2) is 6.84. The summed E-state index contributed by atoms with van der Waals surface area (Å²) in [6.45, 7) is 0. The minimum atomic E-state index is -4.51. The van der Waals surface area contributed by atoms with E-state index in [-0.39, 0.29) is 0 Å². The van der Waals surface area contributed by atoms with Crippen molar-refractivity contribution in [3.63, 3.8) is 0 Å². The van der Waals surface area contributed by atoms with Gasteiger partial charge in [-0.3, -0.25) is 0 Å². The van der Waals surface area contributed by atoms with Gasteiger partial charge in [0.25, 0.3) is 0 Å². The zero-order valence-electron chi connectivity index (χ0n) is 13.5. The molecular weight excluding hydrogens is 349 g/mol. The predicted molar refractivity (Wildman–Crippen MR) is 92.3 cm³/mol. The van der Waals surface area contributed by atoms with Gasteiger partial charge in [0.1, 0.15) is 5.75 Å². The van der Waals surface area contributed by atoms with Crippen molar-refractivity contribution in [1.29, 1.82) is 0 Å². The fourth-order valence-corrected chi connectivity index (χ4v) is 3.10. The Morgan fingerprint density at radius 2 is 1.72 bits per heavy atom. The summed E-state index contributed by atoms with van der Waals surface area (Å²) in [5, 5.41) is 3.80. The third-order valence-corrected chi connectivity index (χ3v) is 4.50. The molecule has 0 aliphatic rings. The largest absolute Gasteiger partial charge is 0.497 e. The maximum Gasteiger partial charge on any atom is 0.435 e. The maximum atomic E-state index is 13.2. The van der Waals surface area contributed by atoms with Crippen LogP contribution in [0.25, 0.3) is 16.9 Å². The molecule has 0 atom stereocenters. The van der Waals surface area contributed by atoms with Gasteiger partial charge < -0.3 is 4.74 Å². The number of halogens is 3. The molecule has 1 heterocycles. The van der Waals surface area contributed by atoms with Gasteiger partial charge in [0.05, 0.1) is 18.5 Å². The zero-order valence-corrected chi connectivity index (χ0v) is 14.4. The van der Waals surface area contributed by atoms with Gasteiger partial charge in [0, 0.05) is 10.5 Å². The lowest BCUT2D eigenvalue weighted by Gasteiger charge is -2.11. The monoisotopic (exact) mass is 364 g/mol. The number of ether oxygens (including phenoxy) is 1. The lowest BCUT2D eigenvalue weighted by atomic mass is 10.1. The molecule has 0 aliphatic carbocycles. The minimum Gasteiger partial charge on any atom is -0.497 e. The molecule has 2 aromatic carbocycles. The molecule has 0 spiro atoms. The summed E-state index contributed by atoms with van der Waals surface area (Å²) in [6, 6.07) is 15.1. The molecule has 0 bridgehead atoms. The van der Waals surface area contributed by atoms with Crippen LogP contribution in [-0.4, -0.2) is 23.1 Å². The van der Waals surface area contributed by atoms with Crippen molar-refractivity contribution in [2.75, 3.05) is 13.4 Å². The van der Waals surface area contributed by atoms with Gasteiger partial charge in [-0.25, -0.2) is 4.68 Å². The van der Waals surface area contributed by atoms with Crippen LogP contribution in [0, 0.1) is 0 Å². The summed E-state index contributed by atoms with van der Waals surface area (Å²) in [7, 11) is 1.53. The van der Waals surface area contributed by atoms with E-state index in [2.05, 4.69) is 5.10 Å². The van der Waals surface area contributed by atoms with E-state index < -0.39 is 11.9 Å². The normalized spacial score (nSPS) is 11.6. The highest BCUT2D eigenvalue weighted by Gasteiger charge is 2.35. The fraction of sp³-hybridized carbons (Fsp3) is 0.167. The molecule has 0 radical (unpaired) electrons. The third kappa shape index (κ3) is 3.51. The Labute approximate surface area is 147 Å². The second-order valence-electron chi connectivity index (χ2n) is 5.22. The van der Waals surface area contributed by atoms with Crippen LogP contribution in [0.4, 0.5) is 13.2 Å². The summed E-state index contributed by atoms with van der Waals surface area (Å²) in [6.07, 6.45) is -2.63. The Bertz CT molecular complexity index is 873. The van der Waals surface area contributed by atoms with E-state index in [4.69, 9.17) is 4.74 Å². The average molecular weight is 364 g/mol. The number of benzene rings is 2. The number of thioether (sulfide) groups is 1. The molecule has 3 nitrogen and oxygen atoms in total. The van der Waals surface area contributed by atoms with Crippen LogP contribution >= 0.6 is 11.8 Å². The molecule has 0 N–H and O–H groups in total. The first-order chi connectivity index (χ1) is 11.9. The van der Waals surface area contributed by atoms with Crippen molar-refractivity contribution in [1.82, 2.24) is 9.78 Å². The number of alkyl halides is 3. The van der Waals surface area contributed by atoms with Gasteiger partial charge in [0.2, 0.25) is 0 Å². The van der Waals surface area contributed by atoms with E-state index in [9.17, 15) is 13.2 Å². The van der Waals surface area contributed by atoms with Crippen LogP contribution in [0.5, 0.6) is 5.75 Å². The van der Waals surface area contributed by atoms with Crippen molar-refractivity contribution < 1.29 is 17.9 Å². The average Bonchev–Trinajstić information content (AvgIpc) is 3.07. The zero-order chi connectivity index (χ0) is 18.0. The minimum absolute atomic E-state index is 0.391. The highest BCUT2D eigenvalue weighted by atomic mass is 32.2. The van der Waals surface area contributed by atoms with Gasteiger partial charge >= 0.3 is 6.18 Å². The number of hydrogen-bond acceptors (Lipinski definition) is 3. The van der Waals surface area contributed by atoms with Crippen molar-refractivity contribution in [3.05, 3.63) is 60.3 Å². The van der Waals surface area contributed by atoms with Gasteiger partial charge in [-0.2, -0.15) is 18.3 Å². The summed E-state index contributed by atoms with van der Waals surface area (Å²) in [5.41, 5.74) is 0.702. The maximum absolute atomic E-state index is 13.2. The third-order valence-electron chi connectivity index (χ3n) is 3.70. The molecule has 7 heteroatoms. The molecule has 0 aliphatic heterocycles. The molecule has 0 unspecified atom stereocenters. The van der Waals surface area contributed by atoms with E-state index in [0.29, 0.717) is 22.7 Å². The van der Waals surface area contributed by atoms with Crippen LogP contribution in [0.15, 0.2) is 59.5 Å². The van der Waals surface area contributed by atoms with Crippen LogP contribution < -0.4 is 4.74 Å². The summed E-state index contributed by atoms with van der Waals surface area (Å²) < 4.78 is 46.1. The van der Waals surface area contributed by atoms with Crippen molar-refractivity contribution >= 4 is 11.8 Å². The lowest BCUT2D eigenvalue weighted by molar-refractivity contribution is -0.141. The Kier molecular flexibility index (Phi) is 4.76. The topological polar surface area (TPSA) is 27.1 Å². The van der Waals surface area contributed by atoms with E-state index in [1.54, 1.807) is 36.4 Å². The number of rotatable bonds is 4. The first-order valence-electron chi connectivity index (χ1n) is 7.39. The fourth-order valence-electron chi connectivity index (χ4n) is 2.49. The molecule has 0 saturated heterocycles. The van der Waals surface area contributed by atoms with E-state index >= 15 is 0 Å². The first kappa shape index (κ1) is 17.4. The summed E-state index contributed by atoms with van der Waals surface area (Å²) >= 11 is 1.47. The Hall–Kier alpha value is -2.41. The number of aromatic nitrogens is 2. The molecule has 130 valence electrons. The molecule has 25 heavy (non-hydrogen) atoms. The van der Waals surface area contributed by atoms with Crippen LogP contribution in [-0.2, 0) is 6.18 Å². The van der Waals surface area contributed by atoms with E-state index in [1.807, 2.05) is 18.4 Å². The van der Waals surface area contributed by atoms with Gasteiger partial charge in [-0.1, -0.05) is 18.2 Å². The van der Waals surface area contributed by atoms with E-state index in [0.717, 1.165) is 11.0 Å². The van der Waals surface area contributed by atoms with Crippen LogP contribution in [0.1, 0.15) is 5.69 Å². The summed E-state index contributed by atoms with van der Waals surface area (Å²) in [4.78, 5) is 0.880. The first-order valence-corrected chi connectivity index (χ1v) is 8.61. The second-order valence-corrected chi connectivity index (χ2v) is 6.07. The number of nitrogens with zero attached hydrogens (tertiary/aromatic N) is 2. The molecule has 0 saturated carbocycles. The Morgan fingerprint density at radius 3 is 2.32 bits per heavy atom. The van der Waals surface area contributed by atoms with Gasteiger partial charge in [-0.15, -0.1) is 11.8 Å². The molecule has 0 amide bonds. The van der Waals surface area contributed by atoms with Crippen molar-refractivity contribution in [2.24, 2.45) is 0 Å². The molecular formula is C18H15F3N2OS. The molecule has 0 fully saturated rings. The standard InChI is InChI=1S/C18H15F3N2OS/c1-24-13-9-7-12(8-10-13)23-15(11-17(22-23)18(19,20)21)14-5-3-4-6-16(14)25-2/h3-11H,1-2H3. The van der Waals surface area contributed by atoms with Gasteiger partial charge in [-0.05, 0) is 42.7 Å². The smallest absolute Gasteiger partial charge is 0.435 e. The number of hydrogen-bond donors (Lipinski definition) is 0. The number of methoxy groups -OCH3 is 1. The van der Waals surface area contributed by atoms with Gasteiger partial charge in [0.15, 0.2) is 5.69 Å². The van der Waals surface area contributed by atoms with Crippen molar-refractivity contribution in [3.8, 4) is 22.7 Å². The van der Waals surface area contributed by atoms with Crippen LogP contribution in [0.3, 0.4) is 0 Å². The van der Waals surface area contributed by atoms with E-state index in [1.165, 1.54) is 23.6 Å². The van der Waals surface area contributed by atoms with Crippen LogP contribution in [0.2, 0.25) is 0 Å². The Morgan fingerprint density at radius 1 is 1.04 bits per heavy atom. The predicted octanol–water partition coefficient (Wildman–Crippen LogP) is 5.29. The SMILES string of the molecule is COc1ccc(-n2nc(C(F)(F)F)cc2-c2ccccc2SC)cc1. The molecule has 3 aromatic rings. The van der Waals surface area contributed by atoms with Crippen molar-refractivity contribution in [2.45, 2.75) is 11.1 Å². The molecule has 1 aromatic heterocycles. The quantitative estimate of drug-likeness (QED) is 0.589. The Balaban J connectivity index is 2.20. The highest BCUT2D eigenvalue weighted by molar-refractivity contribution is 7.98. The highest BCUT2D eigenvalue weighted by Crippen LogP contribution is 2.36. The lowest BCUT2D eigenvalue weighted by Crippen LogP contribution is -2.07.